The van der Waals surface area contributed by atoms with Crippen molar-refractivity contribution in [2.75, 3.05) is 19.4 Å². The first-order valence-corrected chi connectivity index (χ1v) is 11.4. The Morgan fingerprint density at radius 2 is 1.83 bits per heavy atom. The molecule has 8 heteroatoms. The Bertz CT molecular complexity index is 975. The molecule has 0 aliphatic carbocycles. The van der Waals surface area contributed by atoms with Gasteiger partial charge in [0.15, 0.2) is 27.4 Å². The summed E-state index contributed by atoms with van der Waals surface area (Å²) >= 11 is 0. The number of benzene rings is 2. The molecule has 0 bridgehead atoms. The van der Waals surface area contributed by atoms with Crippen LogP contribution in [0.4, 0.5) is 4.39 Å². The van der Waals surface area contributed by atoms with Crippen molar-refractivity contribution in [3.63, 3.8) is 0 Å². The molecule has 0 saturated carbocycles. The van der Waals surface area contributed by atoms with Crippen LogP contribution in [-0.2, 0) is 22.9 Å². The van der Waals surface area contributed by atoms with Crippen LogP contribution in [0.25, 0.3) is 0 Å². The maximum absolute atomic E-state index is 14.0. The zero-order valence-electron chi connectivity index (χ0n) is 17.3. The van der Waals surface area contributed by atoms with E-state index < -0.39 is 15.7 Å². The summed E-state index contributed by atoms with van der Waals surface area (Å²) < 4.78 is 42.7. The molecular formula is C21H28FN3O3S. The highest BCUT2D eigenvalue weighted by molar-refractivity contribution is 7.90. The first-order valence-electron chi connectivity index (χ1n) is 9.47. The summed E-state index contributed by atoms with van der Waals surface area (Å²) in [6.07, 6.45) is 1.20. The fraction of sp³-hybridized carbons (Fsp3) is 0.381. The minimum atomic E-state index is -3.24. The van der Waals surface area contributed by atoms with Crippen LogP contribution in [0.5, 0.6) is 5.75 Å². The molecule has 0 amide bonds. The van der Waals surface area contributed by atoms with Crippen LogP contribution in [0.3, 0.4) is 0 Å². The first kappa shape index (κ1) is 22.7. The molecule has 0 unspecified atom stereocenters. The number of halogens is 1. The van der Waals surface area contributed by atoms with Crippen molar-refractivity contribution < 1.29 is 17.5 Å². The molecule has 2 rings (SSSR count). The average molecular weight is 422 g/mol. The van der Waals surface area contributed by atoms with Gasteiger partial charge in [-0.2, -0.15) is 0 Å². The molecule has 6 nitrogen and oxygen atoms in total. The molecule has 0 radical (unpaired) electrons. The van der Waals surface area contributed by atoms with E-state index in [1.807, 2.05) is 19.9 Å². The Balaban J connectivity index is 2.06. The minimum Gasteiger partial charge on any atom is -0.491 e. The lowest BCUT2D eigenvalue weighted by Crippen LogP contribution is -2.36. The van der Waals surface area contributed by atoms with Crippen LogP contribution < -0.4 is 15.4 Å². The molecule has 2 N–H and O–H groups in total. The van der Waals surface area contributed by atoms with Crippen LogP contribution in [0.2, 0.25) is 0 Å². The van der Waals surface area contributed by atoms with Crippen molar-refractivity contribution in [3.8, 4) is 5.75 Å². The monoisotopic (exact) mass is 421 g/mol. The predicted octanol–water partition coefficient (Wildman–Crippen LogP) is 3.19. The summed E-state index contributed by atoms with van der Waals surface area (Å²) in [6, 6.07) is 10.1. The van der Waals surface area contributed by atoms with Crippen molar-refractivity contribution in [2.45, 2.75) is 38.8 Å². The second-order valence-electron chi connectivity index (χ2n) is 6.62. The van der Waals surface area contributed by atoms with Gasteiger partial charge in [-0.15, -0.1) is 0 Å². The molecule has 29 heavy (non-hydrogen) atoms. The van der Waals surface area contributed by atoms with Gasteiger partial charge >= 0.3 is 0 Å². The number of hydrogen-bond donors (Lipinski definition) is 2. The Morgan fingerprint density at radius 1 is 1.10 bits per heavy atom. The number of nitrogens with zero attached hydrogens (tertiary/aromatic N) is 1. The summed E-state index contributed by atoms with van der Waals surface area (Å²) in [4.78, 5) is 4.85. The summed E-state index contributed by atoms with van der Waals surface area (Å²) in [6.45, 7) is 7.42. The quantitative estimate of drug-likeness (QED) is 0.506. The number of aliphatic imine (C=N–C) groups is 1. The van der Waals surface area contributed by atoms with Gasteiger partial charge in [0.25, 0.3) is 0 Å². The largest absolute Gasteiger partial charge is 0.491 e. The molecule has 0 aliphatic rings. The molecule has 0 aliphatic heterocycles. The third kappa shape index (κ3) is 6.74. The van der Waals surface area contributed by atoms with Gasteiger partial charge in [-0.25, -0.2) is 17.8 Å². The van der Waals surface area contributed by atoms with Crippen LogP contribution in [0, 0.1) is 12.7 Å². The van der Waals surface area contributed by atoms with Crippen molar-refractivity contribution in [1.82, 2.24) is 10.6 Å². The van der Waals surface area contributed by atoms with Gasteiger partial charge in [0.1, 0.15) is 0 Å². The Kier molecular flexibility index (Phi) is 8.01. The molecular weight excluding hydrogens is 393 g/mol. The highest BCUT2D eigenvalue weighted by Crippen LogP contribution is 2.19. The van der Waals surface area contributed by atoms with Gasteiger partial charge in [-0.1, -0.05) is 18.2 Å². The maximum atomic E-state index is 14.0. The van der Waals surface area contributed by atoms with E-state index in [4.69, 9.17) is 4.74 Å². The van der Waals surface area contributed by atoms with Gasteiger partial charge in [0.05, 0.1) is 18.0 Å². The van der Waals surface area contributed by atoms with Gasteiger partial charge < -0.3 is 15.4 Å². The third-order valence-electron chi connectivity index (χ3n) is 4.16. The lowest BCUT2D eigenvalue weighted by atomic mass is 10.1. The lowest BCUT2D eigenvalue weighted by molar-refractivity contribution is 0.321. The van der Waals surface area contributed by atoms with E-state index in [9.17, 15) is 12.8 Å². The van der Waals surface area contributed by atoms with Crippen molar-refractivity contribution in [1.29, 1.82) is 0 Å². The second kappa shape index (κ2) is 10.2. The highest BCUT2D eigenvalue weighted by Gasteiger charge is 2.11. The van der Waals surface area contributed by atoms with Crippen molar-refractivity contribution in [3.05, 3.63) is 58.9 Å². The number of nitrogens with one attached hydrogen (secondary N) is 2. The number of sulfone groups is 1. The normalized spacial score (nSPS) is 12.0. The van der Waals surface area contributed by atoms with E-state index in [0.29, 0.717) is 42.7 Å². The number of aryl methyl sites for hydroxylation is 1. The van der Waals surface area contributed by atoms with E-state index >= 15 is 0 Å². The van der Waals surface area contributed by atoms with E-state index in [1.54, 1.807) is 31.2 Å². The molecule has 0 aromatic heterocycles. The standard InChI is InChI=1S/C21H28FN3O3S/c1-5-23-21(25-14-17-7-9-19(28-6-2)18(22)12-17)24-13-16-8-10-20(15(3)11-16)29(4,26)27/h7-12H,5-6,13-14H2,1-4H3,(H2,23,24,25). The van der Waals surface area contributed by atoms with Gasteiger partial charge in [-0.05, 0) is 55.7 Å². The molecule has 0 spiro atoms. The molecule has 158 valence electrons. The molecule has 0 heterocycles. The van der Waals surface area contributed by atoms with Crippen LogP contribution in [-0.4, -0.2) is 33.8 Å². The fourth-order valence-corrected chi connectivity index (χ4v) is 3.81. The number of hydrogen-bond acceptors (Lipinski definition) is 4. The summed E-state index contributed by atoms with van der Waals surface area (Å²) in [7, 11) is -3.24. The smallest absolute Gasteiger partial charge is 0.191 e. The Hall–Kier alpha value is -2.61. The van der Waals surface area contributed by atoms with Gasteiger partial charge in [0, 0.05) is 19.3 Å². The molecule has 2 aromatic rings. The highest BCUT2D eigenvalue weighted by atomic mass is 32.2. The predicted molar refractivity (Wildman–Crippen MR) is 114 cm³/mol. The maximum Gasteiger partial charge on any atom is 0.191 e. The average Bonchev–Trinajstić information content (AvgIpc) is 2.65. The van der Waals surface area contributed by atoms with E-state index in [-0.39, 0.29) is 5.75 Å². The number of ether oxygens (including phenoxy) is 1. The summed E-state index contributed by atoms with van der Waals surface area (Å²) in [5.74, 6) is 0.436. The lowest BCUT2D eigenvalue weighted by Gasteiger charge is -2.13. The van der Waals surface area contributed by atoms with Crippen molar-refractivity contribution >= 4 is 15.8 Å². The fourth-order valence-electron chi connectivity index (χ4n) is 2.85. The Labute approximate surface area is 172 Å². The van der Waals surface area contributed by atoms with E-state index in [1.165, 1.54) is 12.3 Å². The van der Waals surface area contributed by atoms with E-state index in [2.05, 4.69) is 15.6 Å². The van der Waals surface area contributed by atoms with Crippen LogP contribution >= 0.6 is 0 Å². The summed E-state index contributed by atoms with van der Waals surface area (Å²) in [5.41, 5.74) is 2.37. The topological polar surface area (TPSA) is 79.8 Å². The van der Waals surface area contributed by atoms with Crippen molar-refractivity contribution in [2.24, 2.45) is 4.99 Å². The molecule has 0 saturated heterocycles. The van der Waals surface area contributed by atoms with Gasteiger partial charge in [-0.3, -0.25) is 0 Å². The molecule has 2 aromatic carbocycles. The SMILES string of the molecule is CCNC(=NCc1ccc(S(C)(=O)=O)c(C)c1)NCc1ccc(OCC)c(F)c1. The number of guanidine groups is 1. The first-order chi connectivity index (χ1) is 13.7. The number of rotatable bonds is 8. The second-order valence-corrected chi connectivity index (χ2v) is 8.60. The summed E-state index contributed by atoms with van der Waals surface area (Å²) in [5, 5.41) is 6.32. The molecule has 0 fully saturated rings. The minimum absolute atomic E-state index is 0.240. The van der Waals surface area contributed by atoms with E-state index in [0.717, 1.165) is 11.1 Å². The molecule has 0 atom stereocenters. The third-order valence-corrected chi connectivity index (χ3v) is 5.42. The zero-order chi connectivity index (χ0) is 21.4. The van der Waals surface area contributed by atoms with Gasteiger partial charge in [0.2, 0.25) is 0 Å². The zero-order valence-corrected chi connectivity index (χ0v) is 18.1. The Morgan fingerprint density at radius 3 is 2.41 bits per heavy atom. The van der Waals surface area contributed by atoms with Crippen LogP contribution in [0.1, 0.15) is 30.5 Å². The van der Waals surface area contributed by atoms with Crippen LogP contribution in [0.15, 0.2) is 46.3 Å².